The molecule has 0 spiro atoms. The van der Waals surface area contributed by atoms with Crippen LogP contribution in [0.3, 0.4) is 0 Å². The average Bonchev–Trinajstić information content (AvgIpc) is 3.55. The molecule has 7 nitrogen and oxygen atoms in total. The zero-order valence-corrected chi connectivity index (χ0v) is 20.5. The Morgan fingerprint density at radius 3 is 2.50 bits per heavy atom. The lowest BCUT2D eigenvalue weighted by Crippen LogP contribution is -2.31. The maximum atomic E-state index is 13.5. The number of aliphatic hydroxyl groups is 1. The zero-order valence-electron chi connectivity index (χ0n) is 20.5. The van der Waals surface area contributed by atoms with Crippen molar-refractivity contribution in [1.29, 1.82) is 0 Å². The van der Waals surface area contributed by atoms with Crippen LogP contribution >= 0.6 is 0 Å². The highest BCUT2D eigenvalue weighted by Crippen LogP contribution is 2.40. The number of rotatable bonds is 9. The minimum atomic E-state index is -0.830. The Labute approximate surface area is 219 Å². The number of aliphatic hydroxyl groups excluding tert-OH is 1. The number of amides is 1. The van der Waals surface area contributed by atoms with Crippen molar-refractivity contribution in [3.05, 3.63) is 126 Å². The second-order valence-corrected chi connectivity index (χ2v) is 9.00. The lowest BCUT2D eigenvalue weighted by Gasteiger charge is -2.26. The quantitative estimate of drug-likeness (QED) is 0.192. The van der Waals surface area contributed by atoms with Gasteiger partial charge in [0, 0.05) is 31.0 Å². The van der Waals surface area contributed by atoms with E-state index in [4.69, 9.17) is 4.74 Å². The van der Waals surface area contributed by atoms with Gasteiger partial charge in [0.15, 0.2) is 0 Å². The van der Waals surface area contributed by atoms with Crippen molar-refractivity contribution in [3.8, 4) is 5.75 Å². The van der Waals surface area contributed by atoms with Gasteiger partial charge in [-0.05, 0) is 53.9 Å². The third kappa shape index (κ3) is 5.34. The van der Waals surface area contributed by atoms with E-state index in [0.29, 0.717) is 30.9 Å². The molecule has 1 fully saturated rings. The van der Waals surface area contributed by atoms with Crippen LogP contribution in [0.2, 0.25) is 0 Å². The number of halogens is 1. The molecule has 0 aliphatic carbocycles. The first-order valence-corrected chi connectivity index (χ1v) is 12.3. The predicted molar refractivity (Wildman–Crippen MR) is 139 cm³/mol. The zero-order chi connectivity index (χ0) is 26.5. The number of ketones is 1. The highest BCUT2D eigenvalue weighted by Gasteiger charge is 2.45. The summed E-state index contributed by atoms with van der Waals surface area (Å²) in [6.45, 7) is 1.24. The maximum Gasteiger partial charge on any atom is 0.295 e. The SMILES string of the molecule is O=C1C(=O)N(CCCn2ccnc2)C(c2cccc(OCc3ccccc3)c2)C1=C(O)c1ccc(F)cc1. The molecule has 1 saturated heterocycles. The molecule has 38 heavy (non-hydrogen) atoms. The van der Waals surface area contributed by atoms with E-state index >= 15 is 0 Å². The number of aromatic nitrogens is 2. The van der Waals surface area contributed by atoms with Crippen LogP contribution in [-0.2, 0) is 22.7 Å². The van der Waals surface area contributed by atoms with Gasteiger partial charge in [0.05, 0.1) is 17.9 Å². The number of benzene rings is 3. The average molecular weight is 512 g/mol. The van der Waals surface area contributed by atoms with Crippen molar-refractivity contribution in [1.82, 2.24) is 14.5 Å². The van der Waals surface area contributed by atoms with Crippen LogP contribution in [0.5, 0.6) is 5.75 Å². The third-order valence-corrected chi connectivity index (χ3v) is 6.45. The molecule has 2 heterocycles. The number of carbonyl (C=O) groups excluding carboxylic acids is 2. The normalized spacial score (nSPS) is 16.7. The topological polar surface area (TPSA) is 84.7 Å². The van der Waals surface area contributed by atoms with Crippen LogP contribution in [0.15, 0.2) is 103 Å². The van der Waals surface area contributed by atoms with E-state index in [0.717, 1.165) is 5.56 Å². The number of hydrogen-bond acceptors (Lipinski definition) is 5. The van der Waals surface area contributed by atoms with Gasteiger partial charge in [0.25, 0.3) is 11.7 Å². The summed E-state index contributed by atoms with van der Waals surface area (Å²) in [6.07, 6.45) is 5.76. The summed E-state index contributed by atoms with van der Waals surface area (Å²) in [5, 5.41) is 11.2. The fourth-order valence-corrected chi connectivity index (χ4v) is 4.58. The molecule has 3 aromatic carbocycles. The van der Waals surface area contributed by atoms with Gasteiger partial charge in [-0.15, -0.1) is 0 Å². The molecule has 192 valence electrons. The standard InChI is InChI=1S/C30H26FN3O4/c31-24-12-10-22(11-13-24)28(35)26-27(34(30(37)29(26)36)16-5-15-33-17-14-32-20-33)23-8-4-9-25(18-23)38-19-21-6-2-1-3-7-21/h1-4,6-14,17-18,20,27,35H,5,15-16,19H2. The number of nitrogens with zero attached hydrogens (tertiary/aromatic N) is 3. The Kier molecular flexibility index (Phi) is 7.31. The first-order chi connectivity index (χ1) is 18.5. The van der Waals surface area contributed by atoms with E-state index < -0.39 is 23.5 Å². The highest BCUT2D eigenvalue weighted by atomic mass is 19.1. The van der Waals surface area contributed by atoms with Gasteiger partial charge in [-0.1, -0.05) is 42.5 Å². The van der Waals surface area contributed by atoms with Crippen LogP contribution in [-0.4, -0.2) is 37.8 Å². The summed E-state index contributed by atoms with van der Waals surface area (Å²) in [5.74, 6) is -1.73. The van der Waals surface area contributed by atoms with Crippen LogP contribution in [0, 0.1) is 5.82 Å². The van der Waals surface area contributed by atoms with E-state index in [1.54, 1.807) is 36.8 Å². The van der Waals surface area contributed by atoms with Gasteiger partial charge in [-0.3, -0.25) is 9.59 Å². The third-order valence-electron chi connectivity index (χ3n) is 6.45. The molecular weight excluding hydrogens is 485 g/mol. The summed E-state index contributed by atoms with van der Waals surface area (Å²) in [4.78, 5) is 31.9. The summed E-state index contributed by atoms with van der Waals surface area (Å²) >= 11 is 0. The van der Waals surface area contributed by atoms with Crippen molar-refractivity contribution in [2.24, 2.45) is 0 Å². The number of likely N-dealkylation sites (tertiary alicyclic amines) is 1. The molecule has 1 amide bonds. The van der Waals surface area contributed by atoms with Crippen molar-refractivity contribution in [3.63, 3.8) is 0 Å². The van der Waals surface area contributed by atoms with Crippen molar-refractivity contribution >= 4 is 17.4 Å². The first kappa shape index (κ1) is 25.0. The monoisotopic (exact) mass is 511 g/mol. The number of imidazole rings is 1. The highest BCUT2D eigenvalue weighted by molar-refractivity contribution is 6.46. The number of Topliss-reactive ketones (excluding diaryl/α,β-unsaturated/α-hetero) is 1. The van der Waals surface area contributed by atoms with Gasteiger partial charge in [0.1, 0.15) is 23.9 Å². The summed E-state index contributed by atoms with van der Waals surface area (Å²) in [5.41, 5.74) is 1.84. The second kappa shape index (κ2) is 11.1. The lowest BCUT2D eigenvalue weighted by atomic mass is 9.95. The van der Waals surface area contributed by atoms with E-state index in [1.165, 1.54) is 29.2 Å². The molecule has 0 radical (unpaired) electrons. The fourth-order valence-electron chi connectivity index (χ4n) is 4.58. The molecule has 1 aliphatic heterocycles. The molecule has 1 unspecified atom stereocenters. The molecule has 4 aromatic rings. The molecule has 1 aliphatic rings. The summed E-state index contributed by atoms with van der Waals surface area (Å²) in [7, 11) is 0. The molecule has 1 aromatic heterocycles. The Morgan fingerprint density at radius 2 is 1.76 bits per heavy atom. The Hall–Kier alpha value is -4.72. The van der Waals surface area contributed by atoms with E-state index in [9.17, 15) is 19.1 Å². The van der Waals surface area contributed by atoms with Crippen LogP contribution in [0.1, 0.15) is 29.2 Å². The molecule has 0 saturated carbocycles. The minimum Gasteiger partial charge on any atom is -0.507 e. The van der Waals surface area contributed by atoms with Crippen molar-refractivity contribution in [2.45, 2.75) is 25.6 Å². The molecule has 5 rings (SSSR count). The second-order valence-electron chi connectivity index (χ2n) is 9.00. The lowest BCUT2D eigenvalue weighted by molar-refractivity contribution is -0.139. The number of ether oxygens (including phenoxy) is 1. The molecule has 8 heteroatoms. The van der Waals surface area contributed by atoms with Gasteiger partial charge in [0.2, 0.25) is 0 Å². The molecular formula is C30H26FN3O4. The Bertz CT molecular complexity index is 1450. The van der Waals surface area contributed by atoms with Crippen molar-refractivity contribution in [2.75, 3.05) is 6.54 Å². The van der Waals surface area contributed by atoms with Gasteiger partial charge < -0.3 is 19.3 Å². The van der Waals surface area contributed by atoms with Crippen LogP contribution in [0.4, 0.5) is 4.39 Å². The minimum absolute atomic E-state index is 0.0375. The summed E-state index contributed by atoms with van der Waals surface area (Å²) < 4.78 is 21.4. The number of aryl methyl sites for hydroxylation is 1. The molecule has 0 bridgehead atoms. The molecule has 1 atom stereocenters. The van der Waals surface area contributed by atoms with Gasteiger partial charge >= 0.3 is 0 Å². The summed E-state index contributed by atoms with van der Waals surface area (Å²) in [6, 6.07) is 21.2. The largest absolute Gasteiger partial charge is 0.507 e. The van der Waals surface area contributed by atoms with Gasteiger partial charge in [-0.2, -0.15) is 0 Å². The number of carbonyl (C=O) groups is 2. The van der Waals surface area contributed by atoms with Crippen LogP contribution < -0.4 is 4.74 Å². The Morgan fingerprint density at radius 1 is 0.974 bits per heavy atom. The van der Waals surface area contributed by atoms with Crippen molar-refractivity contribution < 1.29 is 23.8 Å². The first-order valence-electron chi connectivity index (χ1n) is 12.3. The number of hydrogen-bond donors (Lipinski definition) is 1. The van der Waals surface area contributed by atoms with Gasteiger partial charge in [-0.25, -0.2) is 9.37 Å². The van der Waals surface area contributed by atoms with E-state index in [1.807, 2.05) is 41.1 Å². The predicted octanol–water partition coefficient (Wildman–Crippen LogP) is 5.11. The van der Waals surface area contributed by atoms with E-state index in [-0.39, 0.29) is 23.4 Å². The smallest absolute Gasteiger partial charge is 0.295 e. The van der Waals surface area contributed by atoms with E-state index in [2.05, 4.69) is 4.98 Å². The molecule has 1 N–H and O–H groups in total. The maximum absolute atomic E-state index is 13.5. The Balaban J connectivity index is 1.49. The fraction of sp³-hybridized carbons (Fsp3) is 0.167. The van der Waals surface area contributed by atoms with Crippen LogP contribution in [0.25, 0.3) is 5.76 Å².